The van der Waals surface area contributed by atoms with Gasteiger partial charge in [-0.1, -0.05) is 31.2 Å². The minimum absolute atomic E-state index is 0.0452. The average molecular weight is 424 g/mol. The summed E-state index contributed by atoms with van der Waals surface area (Å²) in [4.78, 5) is 27.4. The molecule has 0 radical (unpaired) electrons. The number of hydrogen-bond acceptors (Lipinski definition) is 4. The van der Waals surface area contributed by atoms with Crippen LogP contribution in [0.15, 0.2) is 42.5 Å². The number of nitrogens with zero attached hydrogens (tertiary/aromatic N) is 1. The molecule has 2 aliphatic heterocycles. The van der Waals surface area contributed by atoms with E-state index in [1.165, 1.54) is 11.1 Å². The molecular weight excluding hydrogens is 394 g/mol. The third-order valence-electron chi connectivity index (χ3n) is 6.04. The van der Waals surface area contributed by atoms with Crippen LogP contribution in [0.3, 0.4) is 0 Å². The quantitative estimate of drug-likeness (QED) is 0.742. The van der Waals surface area contributed by atoms with Crippen molar-refractivity contribution in [3.63, 3.8) is 0 Å². The molecule has 2 N–H and O–H groups in total. The molecular formula is C24H29N3O2S. The van der Waals surface area contributed by atoms with Gasteiger partial charge in [0.15, 0.2) is 0 Å². The number of rotatable bonds is 5. The highest BCUT2D eigenvalue weighted by molar-refractivity contribution is 7.98. The lowest BCUT2D eigenvalue weighted by Gasteiger charge is -2.31. The van der Waals surface area contributed by atoms with Gasteiger partial charge in [0.25, 0.3) is 5.91 Å². The van der Waals surface area contributed by atoms with Gasteiger partial charge in [-0.25, -0.2) is 0 Å². The maximum Gasteiger partial charge on any atom is 0.253 e. The van der Waals surface area contributed by atoms with Crippen LogP contribution in [0.4, 0.5) is 11.4 Å². The lowest BCUT2D eigenvalue weighted by molar-refractivity contribution is -0.116. The van der Waals surface area contributed by atoms with Crippen molar-refractivity contribution >= 4 is 35.0 Å². The molecule has 1 saturated heterocycles. The van der Waals surface area contributed by atoms with Gasteiger partial charge in [-0.3, -0.25) is 9.59 Å². The molecule has 5 nitrogen and oxygen atoms in total. The predicted molar refractivity (Wildman–Crippen MR) is 124 cm³/mol. The number of benzene rings is 2. The summed E-state index contributed by atoms with van der Waals surface area (Å²) in [7, 11) is 0. The Morgan fingerprint density at radius 1 is 1.13 bits per heavy atom. The third-order valence-corrected chi connectivity index (χ3v) is 7.13. The van der Waals surface area contributed by atoms with E-state index in [4.69, 9.17) is 0 Å². The molecule has 2 amide bonds. The summed E-state index contributed by atoms with van der Waals surface area (Å²) in [5, 5.41) is 6.33. The molecule has 2 aliphatic rings. The minimum atomic E-state index is -0.281. The van der Waals surface area contributed by atoms with Gasteiger partial charge in [0, 0.05) is 30.2 Å². The number of aryl methyl sites for hydroxylation is 1. The summed E-state index contributed by atoms with van der Waals surface area (Å²) in [6.45, 7) is 5.96. The van der Waals surface area contributed by atoms with E-state index in [0.717, 1.165) is 37.4 Å². The van der Waals surface area contributed by atoms with E-state index >= 15 is 0 Å². The number of likely N-dealkylation sites (tertiary alicyclic amines) is 1. The molecule has 1 fully saturated rings. The number of hydrogen-bond donors (Lipinski definition) is 2. The van der Waals surface area contributed by atoms with Crippen molar-refractivity contribution < 1.29 is 9.59 Å². The second kappa shape index (κ2) is 9.13. The van der Waals surface area contributed by atoms with E-state index in [9.17, 15) is 9.59 Å². The highest BCUT2D eigenvalue weighted by atomic mass is 32.2. The summed E-state index contributed by atoms with van der Waals surface area (Å²) in [5.41, 5.74) is 4.78. The number of carbonyl (C=O) groups excluding carboxylic acids is 2. The molecule has 158 valence electrons. The Kier molecular flexibility index (Phi) is 6.32. The normalized spacial score (nSPS) is 19.1. The van der Waals surface area contributed by atoms with Crippen molar-refractivity contribution in [1.29, 1.82) is 0 Å². The topological polar surface area (TPSA) is 61.4 Å². The molecule has 0 aliphatic carbocycles. The molecule has 0 saturated carbocycles. The highest BCUT2D eigenvalue weighted by Crippen LogP contribution is 2.30. The maximum atomic E-state index is 12.8. The molecule has 1 atom stereocenters. The zero-order chi connectivity index (χ0) is 21.1. The SMILES string of the molecule is Cc1ccccc1CSCC1Nc2ccc(C(=O)N3CCC(C)CC3)cc2NC1=O. The summed E-state index contributed by atoms with van der Waals surface area (Å²) < 4.78 is 0. The fourth-order valence-corrected chi connectivity index (χ4v) is 5.08. The third kappa shape index (κ3) is 4.64. The standard InChI is InChI=1S/C24H29N3O2S/c1-16-9-11-27(12-10-16)24(29)18-7-8-20-21(13-18)26-23(28)22(25-20)15-30-14-19-6-4-3-5-17(19)2/h3-8,13,16,22,25H,9-12,14-15H2,1-2H3,(H,26,28). The summed E-state index contributed by atoms with van der Waals surface area (Å²) in [6, 6.07) is 13.6. The molecule has 0 spiro atoms. The van der Waals surface area contributed by atoms with Crippen LogP contribution >= 0.6 is 11.8 Å². The second-order valence-corrected chi connectivity index (χ2v) is 9.39. The van der Waals surface area contributed by atoms with Crippen LogP contribution < -0.4 is 10.6 Å². The smallest absolute Gasteiger partial charge is 0.253 e. The molecule has 4 rings (SSSR count). The first kappa shape index (κ1) is 20.8. The summed E-state index contributed by atoms with van der Waals surface area (Å²) in [5.74, 6) is 2.26. The van der Waals surface area contributed by atoms with Gasteiger partial charge in [0.2, 0.25) is 5.91 Å². The number of fused-ring (bicyclic) bond motifs is 1. The minimum Gasteiger partial charge on any atom is -0.371 e. The van der Waals surface area contributed by atoms with Crippen LogP contribution in [0.1, 0.15) is 41.3 Å². The van der Waals surface area contributed by atoms with Gasteiger partial charge in [-0.2, -0.15) is 11.8 Å². The zero-order valence-electron chi connectivity index (χ0n) is 17.6. The summed E-state index contributed by atoms with van der Waals surface area (Å²) >= 11 is 1.75. The number of anilines is 2. The van der Waals surface area contributed by atoms with Crippen molar-refractivity contribution in [2.75, 3.05) is 29.5 Å². The van der Waals surface area contributed by atoms with Crippen molar-refractivity contribution in [2.24, 2.45) is 5.92 Å². The zero-order valence-corrected chi connectivity index (χ0v) is 18.4. The Labute approximate surface area is 182 Å². The van der Waals surface area contributed by atoms with E-state index in [-0.39, 0.29) is 17.9 Å². The van der Waals surface area contributed by atoms with Crippen LogP contribution in [0.25, 0.3) is 0 Å². The highest BCUT2D eigenvalue weighted by Gasteiger charge is 2.27. The van der Waals surface area contributed by atoms with Crippen molar-refractivity contribution in [3.05, 3.63) is 59.2 Å². The Balaban J connectivity index is 1.37. The van der Waals surface area contributed by atoms with E-state index in [0.29, 0.717) is 22.9 Å². The fourth-order valence-electron chi connectivity index (χ4n) is 3.95. The maximum absolute atomic E-state index is 12.8. The first-order valence-electron chi connectivity index (χ1n) is 10.6. The van der Waals surface area contributed by atoms with Gasteiger partial charge in [-0.05, 0) is 55.0 Å². The Morgan fingerprint density at radius 3 is 2.67 bits per heavy atom. The molecule has 1 unspecified atom stereocenters. The van der Waals surface area contributed by atoms with Crippen LogP contribution in [0.2, 0.25) is 0 Å². The summed E-state index contributed by atoms with van der Waals surface area (Å²) in [6.07, 6.45) is 2.10. The Bertz CT molecular complexity index is 938. The number of nitrogens with one attached hydrogen (secondary N) is 2. The number of carbonyl (C=O) groups is 2. The van der Waals surface area contributed by atoms with Crippen LogP contribution in [0.5, 0.6) is 0 Å². The molecule has 2 aromatic carbocycles. The fraction of sp³-hybridized carbons (Fsp3) is 0.417. The van der Waals surface area contributed by atoms with Crippen molar-refractivity contribution in [2.45, 2.75) is 38.5 Å². The van der Waals surface area contributed by atoms with Crippen molar-refractivity contribution in [3.8, 4) is 0 Å². The molecule has 2 aromatic rings. The Morgan fingerprint density at radius 2 is 1.90 bits per heavy atom. The second-order valence-electron chi connectivity index (χ2n) is 8.36. The van der Waals surface area contributed by atoms with Gasteiger partial charge in [-0.15, -0.1) is 0 Å². The van der Waals surface area contributed by atoms with E-state index in [1.54, 1.807) is 17.8 Å². The van der Waals surface area contributed by atoms with Crippen molar-refractivity contribution in [1.82, 2.24) is 4.90 Å². The number of amides is 2. The van der Waals surface area contributed by atoms with E-state index in [2.05, 4.69) is 36.6 Å². The van der Waals surface area contributed by atoms with Crippen LogP contribution in [0, 0.1) is 12.8 Å². The Hall–Kier alpha value is -2.47. The lowest BCUT2D eigenvalue weighted by Crippen LogP contribution is -2.41. The van der Waals surface area contributed by atoms with E-state index < -0.39 is 0 Å². The molecule has 0 aromatic heterocycles. The monoisotopic (exact) mass is 423 g/mol. The lowest BCUT2D eigenvalue weighted by atomic mass is 9.98. The average Bonchev–Trinajstić information content (AvgIpc) is 2.75. The predicted octanol–water partition coefficient (Wildman–Crippen LogP) is 4.53. The van der Waals surface area contributed by atoms with Gasteiger partial charge in [0.05, 0.1) is 11.4 Å². The molecule has 2 heterocycles. The van der Waals surface area contributed by atoms with Crippen LogP contribution in [-0.2, 0) is 10.5 Å². The number of thioether (sulfide) groups is 1. The largest absolute Gasteiger partial charge is 0.371 e. The first-order valence-corrected chi connectivity index (χ1v) is 11.8. The van der Waals surface area contributed by atoms with Gasteiger partial charge in [0.1, 0.15) is 6.04 Å². The number of piperidine rings is 1. The molecule has 6 heteroatoms. The first-order chi connectivity index (χ1) is 14.5. The molecule has 30 heavy (non-hydrogen) atoms. The van der Waals surface area contributed by atoms with E-state index in [1.807, 2.05) is 29.2 Å². The van der Waals surface area contributed by atoms with Gasteiger partial charge >= 0.3 is 0 Å². The molecule has 0 bridgehead atoms. The van der Waals surface area contributed by atoms with Gasteiger partial charge < -0.3 is 15.5 Å². The van der Waals surface area contributed by atoms with Crippen LogP contribution in [-0.4, -0.2) is 41.6 Å².